The summed E-state index contributed by atoms with van der Waals surface area (Å²) >= 11 is 0. The van der Waals surface area contributed by atoms with Gasteiger partial charge in [-0.1, -0.05) is 25.7 Å². The molecule has 4 atom stereocenters. The van der Waals surface area contributed by atoms with Crippen LogP contribution in [0.4, 0.5) is 0 Å². The van der Waals surface area contributed by atoms with Crippen LogP contribution >= 0.6 is 0 Å². The maximum absolute atomic E-state index is 11.2. The fourth-order valence-corrected chi connectivity index (χ4v) is 4.07. The zero-order valence-electron chi connectivity index (χ0n) is 12.6. The lowest BCUT2D eigenvalue weighted by Crippen LogP contribution is -2.04. The largest absolute Gasteiger partial charge is 0.300 e. The molecule has 0 amide bonds. The van der Waals surface area contributed by atoms with E-state index in [2.05, 4.69) is 0 Å². The number of fused-ring (bicyclic) bond motifs is 2. The van der Waals surface area contributed by atoms with E-state index in [-0.39, 0.29) is 0 Å². The van der Waals surface area contributed by atoms with E-state index in [4.69, 9.17) is 0 Å². The summed E-state index contributed by atoms with van der Waals surface area (Å²) in [7, 11) is 0. The molecule has 112 valence electrons. The van der Waals surface area contributed by atoms with Gasteiger partial charge in [-0.15, -0.1) is 0 Å². The van der Waals surface area contributed by atoms with Crippen molar-refractivity contribution < 1.29 is 9.59 Å². The van der Waals surface area contributed by atoms with Gasteiger partial charge in [-0.25, -0.2) is 0 Å². The molecule has 0 aliphatic heterocycles. The summed E-state index contributed by atoms with van der Waals surface area (Å²) in [5, 5.41) is 0. The van der Waals surface area contributed by atoms with Gasteiger partial charge in [0.2, 0.25) is 0 Å². The van der Waals surface area contributed by atoms with Crippen molar-refractivity contribution in [3.8, 4) is 0 Å². The van der Waals surface area contributed by atoms with Crippen LogP contribution < -0.4 is 0 Å². The Morgan fingerprint density at radius 2 is 1.45 bits per heavy atom. The predicted octanol–water partition coefficient (Wildman–Crippen LogP) is 4.31. The van der Waals surface area contributed by atoms with Crippen LogP contribution in [0.1, 0.15) is 77.0 Å². The van der Waals surface area contributed by atoms with Crippen molar-refractivity contribution in [3.05, 3.63) is 0 Å². The lowest BCUT2D eigenvalue weighted by Gasteiger charge is -2.04. The molecule has 2 nitrogen and oxygen atoms in total. The van der Waals surface area contributed by atoms with E-state index in [1.165, 1.54) is 44.9 Å². The highest BCUT2D eigenvalue weighted by Crippen LogP contribution is 2.46. The van der Waals surface area contributed by atoms with Crippen molar-refractivity contribution in [2.75, 3.05) is 0 Å². The monoisotopic (exact) mass is 276 g/mol. The van der Waals surface area contributed by atoms with Crippen LogP contribution in [0.2, 0.25) is 0 Å². The van der Waals surface area contributed by atoms with E-state index >= 15 is 0 Å². The molecule has 0 heterocycles. The first-order chi connectivity index (χ1) is 9.74. The minimum atomic E-state index is 0.514. The molecule has 4 aliphatic carbocycles. The molecular weight excluding hydrogens is 248 g/mol. The maximum Gasteiger partial charge on any atom is 0.136 e. The van der Waals surface area contributed by atoms with E-state index in [9.17, 15) is 9.59 Å². The van der Waals surface area contributed by atoms with Crippen LogP contribution in [0.3, 0.4) is 0 Å². The van der Waals surface area contributed by atoms with Gasteiger partial charge in [0.15, 0.2) is 0 Å². The smallest absolute Gasteiger partial charge is 0.136 e. The fraction of sp³-hybridized carbons (Fsp3) is 0.889. The van der Waals surface area contributed by atoms with Crippen molar-refractivity contribution in [2.24, 2.45) is 23.7 Å². The highest BCUT2D eigenvalue weighted by atomic mass is 16.1. The van der Waals surface area contributed by atoms with Crippen molar-refractivity contribution in [1.82, 2.24) is 0 Å². The summed E-state index contributed by atoms with van der Waals surface area (Å²) in [5.41, 5.74) is 0. The van der Waals surface area contributed by atoms with Gasteiger partial charge in [0, 0.05) is 25.2 Å². The zero-order valence-corrected chi connectivity index (χ0v) is 12.6. The van der Waals surface area contributed by atoms with Gasteiger partial charge in [-0.3, -0.25) is 9.59 Å². The number of carbonyl (C=O) groups excluding carboxylic acids is 2. The highest BCUT2D eigenvalue weighted by Gasteiger charge is 2.42. The first kappa shape index (κ1) is 14.3. The summed E-state index contributed by atoms with van der Waals surface area (Å²) in [6.07, 6.45) is 14.2. The van der Waals surface area contributed by atoms with Crippen molar-refractivity contribution in [1.29, 1.82) is 0 Å². The minimum Gasteiger partial charge on any atom is -0.300 e. The molecule has 0 N–H and O–H groups in total. The number of rotatable bonds is 0. The van der Waals surface area contributed by atoms with Gasteiger partial charge >= 0.3 is 0 Å². The Bertz CT molecular complexity index is 374. The fourth-order valence-electron chi connectivity index (χ4n) is 4.07. The van der Waals surface area contributed by atoms with Crippen molar-refractivity contribution >= 4 is 11.6 Å². The second kappa shape index (κ2) is 6.41. The molecule has 0 aromatic rings. The van der Waals surface area contributed by atoms with Crippen molar-refractivity contribution in [3.63, 3.8) is 0 Å². The van der Waals surface area contributed by atoms with Gasteiger partial charge in [-0.2, -0.15) is 0 Å². The molecular formula is C18H28O2. The number of Topliss-reactive ketones (excluding diaryl/α,β-unsaturated/α-hetero) is 2. The number of hydrogen-bond donors (Lipinski definition) is 0. The summed E-state index contributed by atoms with van der Waals surface area (Å²) in [6.45, 7) is 0. The first-order valence-corrected chi connectivity index (χ1v) is 8.78. The van der Waals surface area contributed by atoms with Crippen LogP contribution in [-0.4, -0.2) is 11.6 Å². The van der Waals surface area contributed by atoms with Gasteiger partial charge in [0.1, 0.15) is 11.6 Å². The van der Waals surface area contributed by atoms with Gasteiger partial charge in [0.05, 0.1) is 0 Å². The second-order valence-electron chi connectivity index (χ2n) is 7.41. The Labute approximate surface area is 122 Å². The molecule has 0 aromatic carbocycles. The summed E-state index contributed by atoms with van der Waals surface area (Å²) < 4.78 is 0. The van der Waals surface area contributed by atoms with Gasteiger partial charge in [0.25, 0.3) is 0 Å². The van der Waals surface area contributed by atoms with Crippen LogP contribution in [0.15, 0.2) is 0 Å². The third-order valence-electron chi connectivity index (χ3n) is 5.67. The zero-order chi connectivity index (χ0) is 13.9. The number of hydrogen-bond acceptors (Lipinski definition) is 2. The van der Waals surface area contributed by atoms with Crippen LogP contribution in [0.5, 0.6) is 0 Å². The third kappa shape index (κ3) is 3.93. The Kier molecular flexibility index (Phi) is 4.58. The van der Waals surface area contributed by atoms with Gasteiger partial charge in [-0.05, 0) is 49.9 Å². The van der Waals surface area contributed by atoms with Crippen LogP contribution in [0, 0.1) is 23.7 Å². The quantitative estimate of drug-likeness (QED) is 0.660. The molecule has 4 aliphatic rings. The normalized spacial score (nSPS) is 39.8. The Morgan fingerprint density at radius 1 is 0.700 bits per heavy atom. The predicted molar refractivity (Wildman–Crippen MR) is 79.4 cm³/mol. The third-order valence-corrected chi connectivity index (χ3v) is 5.67. The van der Waals surface area contributed by atoms with Gasteiger partial charge < -0.3 is 0 Å². The van der Waals surface area contributed by atoms with Crippen LogP contribution in [-0.2, 0) is 9.59 Å². The molecule has 4 unspecified atom stereocenters. The molecule has 2 heteroatoms. The molecule has 0 spiro atoms. The second-order valence-corrected chi connectivity index (χ2v) is 7.41. The molecule has 0 saturated heterocycles. The standard InChI is InChI=1S/2C9H14O/c10-9-4-2-1-3-7-5-8(7)6-9;10-9-5-3-1-2-4-7-6-8(7)9/h2*7-8H,1-6H2. The van der Waals surface area contributed by atoms with E-state index < -0.39 is 0 Å². The van der Waals surface area contributed by atoms with E-state index in [0.717, 1.165) is 49.9 Å². The molecule has 0 radical (unpaired) electrons. The lowest BCUT2D eigenvalue weighted by molar-refractivity contribution is -0.121. The Morgan fingerprint density at radius 3 is 2.35 bits per heavy atom. The number of ketones is 2. The molecule has 0 aromatic heterocycles. The van der Waals surface area contributed by atoms with Crippen LogP contribution in [0.25, 0.3) is 0 Å². The first-order valence-electron chi connectivity index (χ1n) is 8.78. The molecule has 4 rings (SSSR count). The van der Waals surface area contributed by atoms with Crippen molar-refractivity contribution in [2.45, 2.75) is 77.0 Å². The molecule has 0 bridgehead atoms. The average molecular weight is 276 g/mol. The maximum atomic E-state index is 11.2. The van der Waals surface area contributed by atoms with E-state index in [1.54, 1.807) is 0 Å². The van der Waals surface area contributed by atoms with E-state index in [1.807, 2.05) is 0 Å². The average Bonchev–Trinajstić information content (AvgIpc) is 3.29. The Balaban J connectivity index is 0.000000121. The lowest BCUT2D eigenvalue weighted by atomic mass is 10.0. The molecule has 20 heavy (non-hydrogen) atoms. The Hall–Kier alpha value is -0.660. The van der Waals surface area contributed by atoms with E-state index in [0.29, 0.717) is 17.5 Å². The summed E-state index contributed by atoms with van der Waals surface area (Å²) in [4.78, 5) is 22.3. The SMILES string of the molecule is O=C1CCCCC2CC2C1.O=C1CCCCCC2CC12. The summed E-state index contributed by atoms with van der Waals surface area (Å²) in [6, 6.07) is 0. The molecule has 4 saturated carbocycles. The minimum absolute atomic E-state index is 0.514. The highest BCUT2D eigenvalue weighted by molar-refractivity contribution is 5.83. The topological polar surface area (TPSA) is 34.1 Å². The number of carbonyl (C=O) groups is 2. The molecule has 4 fully saturated rings. The summed E-state index contributed by atoms with van der Waals surface area (Å²) in [5.74, 6) is 4.17.